The normalized spacial score (nSPS) is 25.6. The fourth-order valence-electron chi connectivity index (χ4n) is 2.44. The Kier molecular flexibility index (Phi) is 6.35. The largest absolute Gasteiger partial charge is 0.461 e. The van der Waals surface area contributed by atoms with Crippen LogP contribution in [0, 0.1) is 0 Å². The molecule has 1 heterocycles. The monoisotopic (exact) mass is 352 g/mol. The summed E-state index contributed by atoms with van der Waals surface area (Å²) in [5.74, 6) is -1.32. The molecule has 0 aliphatic carbocycles. The number of para-hydroxylation sites is 1. The summed E-state index contributed by atoms with van der Waals surface area (Å²) in [5.41, 5.74) is 0. The van der Waals surface area contributed by atoms with Crippen LogP contribution in [0.15, 0.2) is 30.3 Å². The highest BCUT2D eigenvalue weighted by molar-refractivity contribution is 5.68. The third kappa shape index (κ3) is 5.46. The number of carbonyl (C=O) groups excluding carboxylic acids is 3. The van der Waals surface area contributed by atoms with Gasteiger partial charge in [-0.15, -0.1) is 0 Å². The van der Waals surface area contributed by atoms with Crippen LogP contribution in [0.4, 0.5) is 0 Å². The first-order valence-corrected chi connectivity index (χ1v) is 7.71. The Bertz CT molecular complexity index is 614. The van der Waals surface area contributed by atoms with Crippen LogP contribution in [0.25, 0.3) is 0 Å². The molecule has 1 aliphatic rings. The van der Waals surface area contributed by atoms with Crippen molar-refractivity contribution in [3.05, 3.63) is 30.3 Å². The van der Waals surface area contributed by atoms with E-state index in [2.05, 4.69) is 0 Å². The van der Waals surface area contributed by atoms with Gasteiger partial charge in [-0.3, -0.25) is 14.4 Å². The number of carbonyl (C=O) groups is 3. The molecule has 1 fully saturated rings. The number of benzene rings is 1. The van der Waals surface area contributed by atoms with Gasteiger partial charge in [0.05, 0.1) is 6.61 Å². The third-order valence-corrected chi connectivity index (χ3v) is 3.30. The van der Waals surface area contributed by atoms with Gasteiger partial charge in [-0.2, -0.15) is 0 Å². The highest BCUT2D eigenvalue weighted by Crippen LogP contribution is 2.26. The van der Waals surface area contributed by atoms with E-state index < -0.39 is 42.5 Å². The van der Waals surface area contributed by atoms with Crippen LogP contribution in [0.1, 0.15) is 20.8 Å². The first-order valence-electron chi connectivity index (χ1n) is 7.71. The van der Waals surface area contributed by atoms with Crippen molar-refractivity contribution in [1.82, 2.24) is 0 Å². The second kappa shape index (κ2) is 8.48. The second-order valence-corrected chi connectivity index (χ2v) is 5.43. The lowest BCUT2D eigenvalue weighted by molar-refractivity contribution is -0.259. The van der Waals surface area contributed by atoms with Gasteiger partial charge in [0.15, 0.2) is 12.2 Å². The van der Waals surface area contributed by atoms with Gasteiger partial charge in [-0.1, -0.05) is 18.2 Å². The smallest absolute Gasteiger partial charge is 0.303 e. The summed E-state index contributed by atoms with van der Waals surface area (Å²) in [7, 11) is 0. The molecular formula is C17H20O8. The predicted octanol–water partition coefficient (Wildman–Crippen LogP) is 1.22. The molecule has 1 aliphatic heterocycles. The molecule has 0 N–H and O–H groups in total. The molecule has 8 heteroatoms. The molecule has 8 nitrogen and oxygen atoms in total. The Hall–Kier alpha value is -2.61. The number of ether oxygens (including phenoxy) is 5. The average molecular weight is 352 g/mol. The van der Waals surface area contributed by atoms with Gasteiger partial charge < -0.3 is 23.7 Å². The lowest BCUT2D eigenvalue weighted by Gasteiger charge is -2.40. The van der Waals surface area contributed by atoms with Crippen molar-refractivity contribution < 1.29 is 38.1 Å². The predicted molar refractivity (Wildman–Crippen MR) is 83.5 cm³/mol. The molecule has 0 radical (unpaired) electrons. The summed E-state index contributed by atoms with van der Waals surface area (Å²) in [6.07, 6.45) is -4.09. The molecule has 0 saturated carbocycles. The molecule has 4 atom stereocenters. The molecule has 0 aromatic heterocycles. The molecule has 25 heavy (non-hydrogen) atoms. The first-order chi connectivity index (χ1) is 11.9. The van der Waals surface area contributed by atoms with Gasteiger partial charge in [0.1, 0.15) is 5.75 Å². The van der Waals surface area contributed by atoms with Crippen LogP contribution in [-0.4, -0.2) is 49.1 Å². The van der Waals surface area contributed by atoms with E-state index >= 15 is 0 Å². The number of hydrogen-bond donors (Lipinski definition) is 0. The van der Waals surface area contributed by atoms with Crippen molar-refractivity contribution in [3.8, 4) is 5.75 Å². The summed E-state index contributed by atoms with van der Waals surface area (Å²) in [5, 5.41) is 0. The Balaban J connectivity index is 2.25. The summed E-state index contributed by atoms with van der Waals surface area (Å²) in [6.45, 7) is 3.56. The minimum Gasteiger partial charge on any atom is -0.461 e. The fraction of sp³-hybridized carbons (Fsp3) is 0.471. The van der Waals surface area contributed by atoms with E-state index in [0.29, 0.717) is 5.75 Å². The fourth-order valence-corrected chi connectivity index (χ4v) is 2.44. The van der Waals surface area contributed by atoms with Gasteiger partial charge >= 0.3 is 17.9 Å². The van der Waals surface area contributed by atoms with E-state index in [1.165, 1.54) is 20.8 Å². The number of esters is 3. The molecule has 2 rings (SSSR count). The molecule has 0 amide bonds. The van der Waals surface area contributed by atoms with E-state index in [4.69, 9.17) is 23.7 Å². The number of rotatable bonds is 5. The molecular weight excluding hydrogens is 332 g/mol. The topological polar surface area (TPSA) is 97.4 Å². The van der Waals surface area contributed by atoms with Gasteiger partial charge in [-0.25, -0.2) is 0 Å². The van der Waals surface area contributed by atoms with Crippen molar-refractivity contribution in [2.45, 2.75) is 45.4 Å². The maximum absolute atomic E-state index is 11.5. The molecule has 0 spiro atoms. The van der Waals surface area contributed by atoms with Crippen molar-refractivity contribution in [2.75, 3.05) is 6.61 Å². The quantitative estimate of drug-likeness (QED) is 0.576. The van der Waals surface area contributed by atoms with E-state index in [9.17, 15) is 14.4 Å². The lowest BCUT2D eigenvalue weighted by atomic mass is 10.0. The third-order valence-electron chi connectivity index (χ3n) is 3.30. The van der Waals surface area contributed by atoms with Crippen LogP contribution in [0.5, 0.6) is 5.75 Å². The highest BCUT2D eigenvalue weighted by atomic mass is 16.7. The van der Waals surface area contributed by atoms with Crippen LogP contribution < -0.4 is 4.74 Å². The van der Waals surface area contributed by atoms with Crippen LogP contribution in [0.2, 0.25) is 0 Å². The maximum Gasteiger partial charge on any atom is 0.303 e. The van der Waals surface area contributed by atoms with E-state index in [0.717, 1.165) is 0 Å². The minimum absolute atomic E-state index is 0.0766. The average Bonchev–Trinajstić information content (AvgIpc) is 2.52. The van der Waals surface area contributed by atoms with Gasteiger partial charge in [0.25, 0.3) is 0 Å². The zero-order valence-electron chi connectivity index (χ0n) is 14.2. The zero-order chi connectivity index (χ0) is 18.4. The van der Waals surface area contributed by atoms with Crippen LogP contribution >= 0.6 is 0 Å². The van der Waals surface area contributed by atoms with E-state index in [1.807, 2.05) is 6.07 Å². The lowest BCUT2D eigenvalue weighted by Crippen LogP contribution is -2.59. The Morgan fingerprint density at radius 2 is 1.44 bits per heavy atom. The van der Waals surface area contributed by atoms with Crippen molar-refractivity contribution in [1.29, 1.82) is 0 Å². The summed E-state index contributed by atoms with van der Waals surface area (Å²) in [4.78, 5) is 34.2. The molecule has 0 bridgehead atoms. The van der Waals surface area contributed by atoms with Crippen LogP contribution in [-0.2, 0) is 33.3 Å². The summed E-state index contributed by atoms with van der Waals surface area (Å²) >= 11 is 0. The second-order valence-electron chi connectivity index (χ2n) is 5.43. The van der Waals surface area contributed by atoms with Crippen molar-refractivity contribution in [2.24, 2.45) is 0 Å². The maximum atomic E-state index is 11.5. The van der Waals surface area contributed by atoms with Crippen molar-refractivity contribution >= 4 is 17.9 Å². The molecule has 1 aromatic rings. The number of hydrogen-bond acceptors (Lipinski definition) is 8. The summed E-state index contributed by atoms with van der Waals surface area (Å²) in [6, 6.07) is 8.76. The van der Waals surface area contributed by atoms with Crippen molar-refractivity contribution in [3.63, 3.8) is 0 Å². The molecule has 136 valence electrons. The Morgan fingerprint density at radius 1 is 0.880 bits per heavy atom. The molecule has 1 saturated heterocycles. The first kappa shape index (κ1) is 18.7. The van der Waals surface area contributed by atoms with Gasteiger partial charge in [0.2, 0.25) is 12.4 Å². The van der Waals surface area contributed by atoms with Crippen LogP contribution in [0.3, 0.4) is 0 Å². The Labute approximate surface area is 144 Å². The van der Waals surface area contributed by atoms with E-state index in [-0.39, 0.29) is 6.61 Å². The minimum atomic E-state index is -1.10. The highest BCUT2D eigenvalue weighted by Gasteiger charge is 2.48. The SMILES string of the molecule is CC(=O)O[C@@H]1[C@@H](OC(C)=O)[C@@H](Oc2ccccc2)OC[C@H]1OC(C)=O. The van der Waals surface area contributed by atoms with Gasteiger partial charge in [-0.05, 0) is 12.1 Å². The molecule has 0 unspecified atom stereocenters. The zero-order valence-corrected chi connectivity index (χ0v) is 14.2. The van der Waals surface area contributed by atoms with E-state index in [1.54, 1.807) is 24.3 Å². The summed E-state index contributed by atoms with van der Waals surface area (Å²) < 4.78 is 26.9. The standard InChI is InChI=1S/C17H20O8/c1-10(18)22-14-9-21-17(25-13-7-5-4-6-8-13)16(24-12(3)20)15(14)23-11(2)19/h4-8,14-17H,9H2,1-3H3/t14-,15+,16-,17-/m1/s1. The molecule has 1 aromatic carbocycles. The Morgan fingerprint density at radius 3 is 2.00 bits per heavy atom. The van der Waals surface area contributed by atoms with Gasteiger partial charge in [0, 0.05) is 20.8 Å².